The van der Waals surface area contributed by atoms with Crippen LogP contribution in [0.25, 0.3) is 0 Å². The molecule has 1 unspecified atom stereocenters. The topological polar surface area (TPSA) is 100 Å². The first kappa shape index (κ1) is 13.6. The SMILES string of the molecule is O=C(Cc1ccc(O)cc1)Nc1nnc(C2CCCN2)o1. The first-order chi connectivity index (χ1) is 10.2. The lowest BCUT2D eigenvalue weighted by Crippen LogP contribution is -2.14. The summed E-state index contributed by atoms with van der Waals surface area (Å²) in [5, 5.41) is 22.8. The van der Waals surface area contributed by atoms with Crippen molar-refractivity contribution in [2.75, 3.05) is 11.9 Å². The third-order valence-electron chi connectivity index (χ3n) is 3.35. The van der Waals surface area contributed by atoms with Gasteiger partial charge in [0.1, 0.15) is 5.75 Å². The second-order valence-corrected chi connectivity index (χ2v) is 4.99. The van der Waals surface area contributed by atoms with E-state index in [-0.39, 0.29) is 30.1 Å². The van der Waals surface area contributed by atoms with Gasteiger partial charge in [-0.1, -0.05) is 17.2 Å². The van der Waals surface area contributed by atoms with Gasteiger partial charge in [-0.2, -0.15) is 0 Å². The van der Waals surface area contributed by atoms with Crippen molar-refractivity contribution in [1.82, 2.24) is 15.5 Å². The molecule has 2 aromatic rings. The molecular weight excluding hydrogens is 272 g/mol. The molecular formula is C14H16N4O3. The van der Waals surface area contributed by atoms with Gasteiger partial charge in [0, 0.05) is 0 Å². The number of aromatic nitrogens is 2. The van der Waals surface area contributed by atoms with Gasteiger partial charge in [0.15, 0.2) is 0 Å². The number of phenolic OH excluding ortho intramolecular Hbond substituents is 1. The number of carbonyl (C=O) groups excluding carboxylic acids is 1. The molecule has 3 rings (SSSR count). The number of carbonyl (C=O) groups is 1. The Balaban J connectivity index is 1.58. The van der Waals surface area contributed by atoms with Crippen molar-refractivity contribution in [2.45, 2.75) is 25.3 Å². The van der Waals surface area contributed by atoms with Crippen molar-refractivity contribution < 1.29 is 14.3 Å². The molecule has 1 saturated heterocycles. The van der Waals surface area contributed by atoms with E-state index in [0.29, 0.717) is 5.89 Å². The van der Waals surface area contributed by atoms with Crippen LogP contribution in [0, 0.1) is 0 Å². The molecule has 2 heterocycles. The van der Waals surface area contributed by atoms with Gasteiger partial charge < -0.3 is 14.8 Å². The van der Waals surface area contributed by atoms with Crippen LogP contribution in [-0.4, -0.2) is 27.8 Å². The van der Waals surface area contributed by atoms with Crippen molar-refractivity contribution in [2.24, 2.45) is 0 Å². The van der Waals surface area contributed by atoms with Gasteiger partial charge in [-0.05, 0) is 37.1 Å². The van der Waals surface area contributed by atoms with E-state index in [1.165, 1.54) is 0 Å². The number of amides is 1. The lowest BCUT2D eigenvalue weighted by molar-refractivity contribution is -0.115. The van der Waals surface area contributed by atoms with E-state index < -0.39 is 0 Å². The van der Waals surface area contributed by atoms with E-state index in [1.54, 1.807) is 24.3 Å². The smallest absolute Gasteiger partial charge is 0.322 e. The summed E-state index contributed by atoms with van der Waals surface area (Å²) in [4.78, 5) is 11.9. The molecule has 0 bridgehead atoms. The van der Waals surface area contributed by atoms with Gasteiger partial charge in [-0.25, -0.2) is 0 Å². The highest BCUT2D eigenvalue weighted by atomic mass is 16.4. The highest BCUT2D eigenvalue weighted by Gasteiger charge is 2.22. The Kier molecular flexibility index (Phi) is 3.83. The Morgan fingerprint density at radius 2 is 2.19 bits per heavy atom. The zero-order valence-electron chi connectivity index (χ0n) is 11.4. The number of benzene rings is 1. The maximum atomic E-state index is 11.9. The molecule has 1 aromatic carbocycles. The molecule has 1 amide bonds. The summed E-state index contributed by atoms with van der Waals surface area (Å²) in [5.74, 6) is 0.437. The van der Waals surface area contributed by atoms with Gasteiger partial charge in [-0.15, -0.1) is 5.10 Å². The van der Waals surface area contributed by atoms with Crippen molar-refractivity contribution >= 4 is 11.9 Å². The molecule has 1 aliphatic heterocycles. The van der Waals surface area contributed by atoms with E-state index in [1.807, 2.05) is 0 Å². The number of anilines is 1. The zero-order chi connectivity index (χ0) is 14.7. The summed E-state index contributed by atoms with van der Waals surface area (Å²) in [6.07, 6.45) is 2.22. The summed E-state index contributed by atoms with van der Waals surface area (Å²) in [6, 6.07) is 6.66. The number of nitrogens with zero attached hydrogens (tertiary/aromatic N) is 2. The summed E-state index contributed by atoms with van der Waals surface area (Å²) >= 11 is 0. The Labute approximate surface area is 121 Å². The molecule has 1 aliphatic rings. The minimum absolute atomic E-state index is 0.0836. The van der Waals surface area contributed by atoms with E-state index in [9.17, 15) is 9.90 Å². The van der Waals surface area contributed by atoms with Crippen molar-refractivity contribution in [1.29, 1.82) is 0 Å². The van der Waals surface area contributed by atoms with Crippen LogP contribution in [0.2, 0.25) is 0 Å². The third kappa shape index (κ3) is 3.38. The molecule has 1 atom stereocenters. The highest BCUT2D eigenvalue weighted by Crippen LogP contribution is 2.22. The molecule has 7 heteroatoms. The van der Waals surface area contributed by atoms with Gasteiger partial charge in [0.05, 0.1) is 12.5 Å². The Bertz CT molecular complexity index is 617. The largest absolute Gasteiger partial charge is 0.508 e. The normalized spacial score (nSPS) is 17.8. The molecule has 3 N–H and O–H groups in total. The fraction of sp³-hybridized carbons (Fsp3) is 0.357. The van der Waals surface area contributed by atoms with Gasteiger partial charge in [0.25, 0.3) is 0 Å². The molecule has 1 aromatic heterocycles. The fourth-order valence-electron chi connectivity index (χ4n) is 2.28. The molecule has 0 spiro atoms. The Morgan fingerprint density at radius 3 is 2.90 bits per heavy atom. The first-order valence-corrected chi connectivity index (χ1v) is 6.85. The molecule has 21 heavy (non-hydrogen) atoms. The predicted molar refractivity (Wildman–Crippen MR) is 74.7 cm³/mol. The standard InChI is InChI=1S/C14H16N4O3/c19-10-5-3-9(4-6-10)8-12(20)16-14-18-17-13(21-14)11-2-1-7-15-11/h3-6,11,15,19H,1-2,7-8H2,(H,16,18,20). The maximum absolute atomic E-state index is 11.9. The van der Waals surface area contributed by atoms with Crippen LogP contribution in [0.5, 0.6) is 5.75 Å². The number of nitrogens with one attached hydrogen (secondary N) is 2. The lowest BCUT2D eigenvalue weighted by atomic mass is 10.1. The monoisotopic (exact) mass is 288 g/mol. The number of phenols is 1. The van der Waals surface area contributed by atoms with E-state index in [2.05, 4.69) is 20.8 Å². The minimum Gasteiger partial charge on any atom is -0.508 e. The van der Waals surface area contributed by atoms with Crippen molar-refractivity contribution in [3.8, 4) is 5.75 Å². The summed E-state index contributed by atoms with van der Waals surface area (Å²) in [6.45, 7) is 0.940. The second-order valence-electron chi connectivity index (χ2n) is 4.99. The van der Waals surface area contributed by atoms with Crippen molar-refractivity contribution in [3.05, 3.63) is 35.7 Å². The van der Waals surface area contributed by atoms with Gasteiger partial charge in [0.2, 0.25) is 11.8 Å². The van der Waals surface area contributed by atoms with Crippen LogP contribution in [0.3, 0.4) is 0 Å². The average molecular weight is 288 g/mol. The average Bonchev–Trinajstić information content (AvgIpc) is 3.12. The molecule has 0 saturated carbocycles. The predicted octanol–water partition coefficient (Wildman–Crippen LogP) is 1.38. The Morgan fingerprint density at radius 1 is 1.38 bits per heavy atom. The first-order valence-electron chi connectivity index (χ1n) is 6.85. The molecule has 1 fully saturated rings. The summed E-state index contributed by atoms with van der Waals surface area (Å²) in [7, 11) is 0. The molecule has 7 nitrogen and oxygen atoms in total. The zero-order valence-corrected chi connectivity index (χ0v) is 11.4. The van der Waals surface area contributed by atoms with E-state index in [4.69, 9.17) is 4.42 Å². The second kappa shape index (κ2) is 5.92. The number of aromatic hydroxyl groups is 1. The van der Waals surface area contributed by atoms with Crippen LogP contribution in [0.15, 0.2) is 28.7 Å². The quantitative estimate of drug-likeness (QED) is 0.786. The maximum Gasteiger partial charge on any atom is 0.322 e. The Hall–Kier alpha value is -2.41. The number of hydrogen-bond donors (Lipinski definition) is 3. The van der Waals surface area contributed by atoms with E-state index >= 15 is 0 Å². The van der Waals surface area contributed by atoms with Crippen LogP contribution >= 0.6 is 0 Å². The number of rotatable bonds is 4. The lowest BCUT2D eigenvalue weighted by Gasteiger charge is -2.03. The summed E-state index contributed by atoms with van der Waals surface area (Å²) < 4.78 is 5.44. The summed E-state index contributed by atoms with van der Waals surface area (Å²) in [5.41, 5.74) is 0.794. The van der Waals surface area contributed by atoms with Crippen LogP contribution in [0.1, 0.15) is 30.3 Å². The van der Waals surface area contributed by atoms with Crippen LogP contribution < -0.4 is 10.6 Å². The molecule has 110 valence electrons. The van der Waals surface area contributed by atoms with Gasteiger partial charge >= 0.3 is 6.01 Å². The fourth-order valence-corrected chi connectivity index (χ4v) is 2.28. The van der Waals surface area contributed by atoms with Crippen LogP contribution in [-0.2, 0) is 11.2 Å². The van der Waals surface area contributed by atoms with Gasteiger partial charge in [-0.3, -0.25) is 10.1 Å². The van der Waals surface area contributed by atoms with Crippen molar-refractivity contribution in [3.63, 3.8) is 0 Å². The molecule has 0 aliphatic carbocycles. The minimum atomic E-state index is -0.240. The highest BCUT2D eigenvalue weighted by molar-refractivity contribution is 5.90. The molecule has 0 radical (unpaired) electrons. The van der Waals surface area contributed by atoms with Crippen LogP contribution in [0.4, 0.5) is 6.01 Å². The third-order valence-corrected chi connectivity index (χ3v) is 3.35. The number of hydrogen-bond acceptors (Lipinski definition) is 6. The van der Waals surface area contributed by atoms with E-state index in [0.717, 1.165) is 24.9 Å².